The van der Waals surface area contributed by atoms with Crippen molar-refractivity contribution in [2.45, 2.75) is 101 Å². The van der Waals surface area contributed by atoms with Gasteiger partial charge in [-0.2, -0.15) is 0 Å². The lowest BCUT2D eigenvalue weighted by molar-refractivity contribution is -0.137. The van der Waals surface area contributed by atoms with Gasteiger partial charge >= 0.3 is 5.97 Å². The lowest BCUT2D eigenvalue weighted by atomic mass is 9.94. The normalized spacial score (nSPS) is 15.0. The Morgan fingerprint density at radius 1 is 0.548 bits per heavy atom. The average molecular weight is 1670 g/mol. The number of rotatable bonds is 25. The lowest BCUT2D eigenvalue weighted by Gasteiger charge is -2.34. The summed E-state index contributed by atoms with van der Waals surface area (Å²) in [6, 6.07) is 40.8. The highest BCUT2D eigenvalue weighted by Gasteiger charge is 2.36. The number of hydrogen-bond donors (Lipinski definition) is 7. The van der Waals surface area contributed by atoms with Gasteiger partial charge in [-0.1, -0.05) is 70.9 Å². The van der Waals surface area contributed by atoms with Crippen LogP contribution in [0.1, 0.15) is 137 Å². The number of carbonyl (C=O) groups is 8. The highest BCUT2D eigenvalue weighted by molar-refractivity contribution is 8.29. The van der Waals surface area contributed by atoms with Gasteiger partial charge in [0.15, 0.2) is 23.0 Å². The van der Waals surface area contributed by atoms with Gasteiger partial charge in [0.2, 0.25) is 5.91 Å². The van der Waals surface area contributed by atoms with Crippen molar-refractivity contribution in [2.24, 2.45) is 24.1 Å². The molecule has 600 valence electrons. The number of thiophene rings is 2. The van der Waals surface area contributed by atoms with E-state index in [1.54, 1.807) is 78.1 Å². The Labute approximate surface area is 688 Å². The molecule has 10 aromatic rings. The highest BCUT2D eigenvalue weighted by Crippen LogP contribution is 2.41. The zero-order valence-corrected chi connectivity index (χ0v) is 70.1. The van der Waals surface area contributed by atoms with Crippen LogP contribution < -0.4 is 51.3 Å². The zero-order chi connectivity index (χ0) is 82.2. The first-order valence-corrected chi connectivity index (χ1v) is 43.7. The number of nitrogens with zero attached hydrogens (tertiary/aromatic N) is 6. The number of benzene rings is 6. The summed E-state index contributed by atoms with van der Waals surface area (Å²) >= 11 is 13.6. The van der Waals surface area contributed by atoms with E-state index >= 15 is 0 Å². The summed E-state index contributed by atoms with van der Waals surface area (Å²) < 4.78 is 27.7. The molecule has 0 fully saturated rings. The predicted octanol–water partition coefficient (Wildman–Crippen LogP) is 13.3. The number of carboxylic acid groups (broad SMARTS) is 1. The fourth-order valence-electron chi connectivity index (χ4n) is 13.2. The van der Waals surface area contributed by atoms with E-state index in [0.717, 1.165) is 37.7 Å². The number of aliphatic imine (C=N–C) groups is 2. The number of fused-ring (bicyclic) bond motifs is 8. The standard InChI is InChI=1S/C42H44N6O6S3.C22H22N2O5.C20H24N4O2S3/c1-42(2,57(5)55)24-44-40(51)37-17-27-15-28(12-13-36(27)56-37)46-39(50)33-18-29(23-47(33)3)45-38(49)11-8-14-54-35-20-32-31(19-34(35)53-4)41(52)48-22-26-10-7-6-9-25(26)16-30(48)21-43-32;1-28-19-10-17-18(11-20(19)29-8-4-7-21(25)26)23-12-16-9-14-5-2-3-6-15(14)13-24(16)22(17)27;1-20(2,29(4)27)11-22-19(26)17-8-12-7-14(5-6-16(12)28-17)23-18(25)15-9-13(21)10-24(15)3/h6-7,9-10,12-13,15,17-21,23,30H,8,11,14,16,22,24H2,1-5H3,(H,44,51)(H,45,49)(H,46,50);2-3,5-6,10-12,16H,4,7-9,13H2,1H3,(H,25,26);5-10H,11,21H2,1-4H3,(H,22,26)(H,23,25)/t30-,57?;16-;/m00./s1. The fourth-order valence-corrected chi connectivity index (χ4v) is 16.0. The molecule has 0 aliphatic carbocycles. The van der Waals surface area contributed by atoms with E-state index in [-0.39, 0.29) is 108 Å². The minimum absolute atomic E-state index is 0.0289. The Morgan fingerprint density at radius 3 is 1.41 bits per heavy atom. The molecule has 0 saturated carbocycles. The molecule has 25 nitrogen and oxygen atoms in total. The Bertz CT molecular complexity index is 5560. The first kappa shape index (κ1) is 83.5. The van der Waals surface area contributed by atoms with E-state index < -0.39 is 5.97 Å². The second-order valence-electron chi connectivity index (χ2n) is 29.3. The lowest BCUT2D eigenvalue weighted by Crippen LogP contribution is -2.44. The molecular formula is C84H90N12O13S6. The molecule has 0 spiro atoms. The molecule has 14 rings (SSSR count). The third-order valence-electron chi connectivity index (χ3n) is 20.2. The number of methoxy groups -OCH3 is 2. The van der Waals surface area contributed by atoms with Crippen LogP contribution in [0, 0.1) is 0 Å². The van der Waals surface area contributed by atoms with E-state index in [1.807, 2.05) is 115 Å². The van der Waals surface area contributed by atoms with Gasteiger partial charge in [-0.25, -0.2) is 0 Å². The Morgan fingerprint density at radius 2 is 0.983 bits per heavy atom. The molecular weight excluding hydrogens is 1580 g/mol. The third kappa shape index (κ3) is 20.1. The zero-order valence-electron chi connectivity index (χ0n) is 65.2. The van der Waals surface area contributed by atoms with E-state index in [2.05, 4.69) is 74.7 Å². The van der Waals surface area contributed by atoms with Crippen LogP contribution >= 0.6 is 22.7 Å². The third-order valence-corrected chi connectivity index (χ3v) is 28.5. The number of aromatic nitrogens is 2. The summed E-state index contributed by atoms with van der Waals surface area (Å²) in [5.41, 5.74) is 15.5. The van der Waals surface area contributed by atoms with Gasteiger partial charge in [0.25, 0.3) is 35.4 Å². The van der Waals surface area contributed by atoms with Crippen molar-refractivity contribution in [1.82, 2.24) is 29.6 Å². The molecule has 0 bridgehead atoms. The number of nitrogens with two attached hydrogens (primary N) is 1. The van der Waals surface area contributed by atoms with Crippen LogP contribution in [-0.4, -0.2) is 158 Å². The fraction of sp³-hybridized carbons (Fsp3) is 0.310. The smallest absolute Gasteiger partial charge is 0.303 e. The van der Waals surface area contributed by atoms with E-state index in [1.165, 1.54) is 48.0 Å². The van der Waals surface area contributed by atoms with Crippen LogP contribution in [-0.2, 0) is 90.9 Å². The second-order valence-corrected chi connectivity index (χ2v) is 38.5. The largest absolute Gasteiger partial charge is 0.493 e. The van der Waals surface area contributed by atoms with Gasteiger partial charge in [0.05, 0.1) is 83.1 Å². The van der Waals surface area contributed by atoms with Crippen LogP contribution in [0.5, 0.6) is 23.0 Å². The van der Waals surface area contributed by atoms with Gasteiger partial charge in [-0.3, -0.25) is 48.3 Å². The number of nitrogen functional groups attached to an aromatic ring is 1. The Hall–Kier alpha value is -11.0. The molecule has 7 amide bonds. The Balaban J connectivity index is 0.000000176. The van der Waals surface area contributed by atoms with Gasteiger partial charge in [-0.05, 0) is 172 Å². The van der Waals surface area contributed by atoms with E-state index in [4.69, 9.17) is 52.2 Å². The number of aliphatic carboxylic acids is 1. The number of nitrogens with one attached hydrogen (secondary N) is 5. The molecule has 0 radical (unpaired) electrons. The van der Waals surface area contributed by atoms with Crippen molar-refractivity contribution in [2.75, 3.05) is 74.7 Å². The summed E-state index contributed by atoms with van der Waals surface area (Å²) in [5, 5.41) is 25.2. The summed E-state index contributed by atoms with van der Waals surface area (Å²) in [5.74, 6) is -0.415. The van der Waals surface area contributed by atoms with Crippen molar-refractivity contribution in [3.8, 4) is 23.0 Å². The molecule has 8 N–H and O–H groups in total. The molecule has 4 aliphatic heterocycles. The van der Waals surface area contributed by atoms with Gasteiger partial charge < -0.3 is 75.3 Å². The van der Waals surface area contributed by atoms with E-state index in [9.17, 15) is 38.4 Å². The maximum Gasteiger partial charge on any atom is 0.303 e. The second kappa shape index (κ2) is 36.2. The molecule has 2 unspecified atom stereocenters. The predicted molar refractivity (Wildman–Crippen MR) is 465 cm³/mol. The van der Waals surface area contributed by atoms with Crippen molar-refractivity contribution < 1.29 is 62.4 Å². The van der Waals surface area contributed by atoms with Gasteiger partial charge in [-0.15, -0.1) is 41.6 Å². The SMILES string of the molecule is COc1cc2c(cc1OCCCC(=O)Nc1cc(C(=O)Nc3ccc4sc(C(=O)NCC(C)(C)S(C)=S)cc4c3)n(C)c1)N=C[C@@H]1Cc3ccccc3CN1C2=O.COc1cc2c(cc1OCCCC(=O)O)N=C[C@@H]1Cc3ccccc3CN1C2=O.Cn1cc(N)cc1C(=O)Nc1ccc2sc(C(=O)NCC(C)(C)S(C)=S)cc2c1. The molecule has 31 heteroatoms. The average Bonchev–Trinajstić information content (AvgIpc) is 1.72. The topological polar surface area (TPSA) is 321 Å². The molecule has 0 saturated heterocycles. The summed E-state index contributed by atoms with van der Waals surface area (Å²) in [7, 11) is 6.05. The summed E-state index contributed by atoms with van der Waals surface area (Å²) in [6.45, 7) is 10.7. The number of hydrogen-bond acceptors (Lipinski definition) is 19. The number of ether oxygens (including phenoxy) is 4. The number of carbonyl (C=O) groups excluding carboxylic acids is 7. The molecule has 8 heterocycles. The van der Waals surface area contributed by atoms with Crippen molar-refractivity contribution in [3.63, 3.8) is 0 Å². The number of carboxylic acids is 1. The number of amides is 7. The van der Waals surface area contributed by atoms with E-state index in [0.29, 0.717) is 135 Å². The monoisotopic (exact) mass is 1670 g/mol. The highest BCUT2D eigenvalue weighted by atomic mass is 32.8. The number of aryl methyl sites for hydroxylation is 2. The van der Waals surface area contributed by atoms with Crippen LogP contribution in [0.3, 0.4) is 0 Å². The van der Waals surface area contributed by atoms with Crippen molar-refractivity contribution in [1.29, 1.82) is 0 Å². The minimum atomic E-state index is -0.865. The molecule has 4 aliphatic rings. The minimum Gasteiger partial charge on any atom is -0.493 e. The molecule has 4 atom stereocenters. The van der Waals surface area contributed by atoms with Crippen LogP contribution in [0.15, 0.2) is 156 Å². The molecule has 115 heavy (non-hydrogen) atoms. The maximum atomic E-state index is 13.7. The number of anilines is 4. The molecule has 4 aromatic heterocycles. The van der Waals surface area contributed by atoms with Crippen molar-refractivity contribution >= 4 is 178 Å². The summed E-state index contributed by atoms with van der Waals surface area (Å²) in [4.78, 5) is 116. The first-order valence-electron chi connectivity index (χ1n) is 37.0. The van der Waals surface area contributed by atoms with Crippen LogP contribution in [0.4, 0.5) is 34.1 Å². The van der Waals surface area contributed by atoms with Crippen molar-refractivity contribution in [3.05, 3.63) is 200 Å². The van der Waals surface area contributed by atoms with Gasteiger partial charge in [0, 0.05) is 120 Å². The molecule has 6 aromatic carbocycles. The van der Waals surface area contributed by atoms with Crippen LogP contribution in [0.25, 0.3) is 20.2 Å². The Kier molecular flexibility index (Phi) is 26.3. The summed E-state index contributed by atoms with van der Waals surface area (Å²) in [6.07, 6.45) is 13.4. The maximum absolute atomic E-state index is 13.7. The quantitative estimate of drug-likeness (QED) is 0.0262. The van der Waals surface area contributed by atoms with Gasteiger partial charge in [0.1, 0.15) is 11.4 Å². The van der Waals surface area contributed by atoms with Crippen LogP contribution in [0.2, 0.25) is 0 Å². The first-order chi connectivity index (χ1) is 54.9.